The lowest BCUT2D eigenvalue weighted by Crippen LogP contribution is -2.01. The smallest absolute Gasteiger partial charge is 0.243 e. The van der Waals surface area contributed by atoms with Crippen LogP contribution in [-0.2, 0) is 6.54 Å². The average molecular weight is 324 g/mol. The second kappa shape index (κ2) is 4.72. The van der Waals surface area contributed by atoms with Crippen molar-refractivity contribution in [2.24, 2.45) is 5.73 Å². The molecule has 18 heavy (non-hydrogen) atoms. The Kier molecular flexibility index (Phi) is 3.07. The SMILES string of the molecule is NCc1c(Oc2ccc(Br)cc2)nc2sccn12. The number of ether oxygens (including phenoxy) is 1. The largest absolute Gasteiger partial charge is 0.437 e. The van der Waals surface area contributed by atoms with Crippen LogP contribution in [0.1, 0.15) is 5.69 Å². The molecule has 2 aromatic heterocycles. The van der Waals surface area contributed by atoms with E-state index >= 15 is 0 Å². The molecule has 0 spiro atoms. The molecule has 0 unspecified atom stereocenters. The van der Waals surface area contributed by atoms with Crippen LogP contribution in [0.4, 0.5) is 0 Å². The van der Waals surface area contributed by atoms with Gasteiger partial charge in [0.15, 0.2) is 4.96 Å². The fraction of sp³-hybridized carbons (Fsp3) is 0.0833. The molecule has 0 saturated heterocycles. The highest BCUT2D eigenvalue weighted by molar-refractivity contribution is 9.10. The molecular formula is C12H10BrN3OS. The molecule has 0 aliphatic carbocycles. The Labute approximate surface area is 116 Å². The Morgan fingerprint density at radius 1 is 1.33 bits per heavy atom. The number of thiazole rings is 1. The van der Waals surface area contributed by atoms with Crippen molar-refractivity contribution in [2.75, 3.05) is 0 Å². The molecule has 0 atom stereocenters. The third-order valence-corrected chi connectivity index (χ3v) is 3.83. The summed E-state index contributed by atoms with van der Waals surface area (Å²) in [5.41, 5.74) is 6.64. The van der Waals surface area contributed by atoms with Gasteiger partial charge >= 0.3 is 0 Å². The molecule has 6 heteroatoms. The highest BCUT2D eigenvalue weighted by Crippen LogP contribution is 2.28. The van der Waals surface area contributed by atoms with Gasteiger partial charge in [-0.2, -0.15) is 4.98 Å². The monoisotopic (exact) mass is 323 g/mol. The first kappa shape index (κ1) is 11.7. The molecule has 3 aromatic rings. The Morgan fingerprint density at radius 3 is 2.83 bits per heavy atom. The van der Waals surface area contributed by atoms with E-state index in [-0.39, 0.29) is 0 Å². The fourth-order valence-corrected chi connectivity index (χ4v) is 2.68. The number of aromatic nitrogens is 2. The van der Waals surface area contributed by atoms with Gasteiger partial charge in [-0.25, -0.2) is 0 Å². The molecule has 4 nitrogen and oxygen atoms in total. The molecule has 3 rings (SSSR count). The number of halogens is 1. The predicted octanol–water partition coefficient (Wildman–Crippen LogP) is 3.41. The topological polar surface area (TPSA) is 52.5 Å². The summed E-state index contributed by atoms with van der Waals surface area (Å²) in [5, 5.41) is 1.98. The minimum atomic E-state index is 0.393. The lowest BCUT2D eigenvalue weighted by Gasteiger charge is -2.04. The molecule has 2 N–H and O–H groups in total. The zero-order chi connectivity index (χ0) is 12.5. The van der Waals surface area contributed by atoms with Gasteiger partial charge in [0.1, 0.15) is 11.4 Å². The highest BCUT2D eigenvalue weighted by atomic mass is 79.9. The van der Waals surface area contributed by atoms with Crippen LogP contribution in [0.5, 0.6) is 11.6 Å². The molecule has 0 radical (unpaired) electrons. The highest BCUT2D eigenvalue weighted by Gasteiger charge is 2.13. The van der Waals surface area contributed by atoms with Crippen molar-refractivity contribution in [2.45, 2.75) is 6.54 Å². The van der Waals surface area contributed by atoms with Gasteiger partial charge in [-0.1, -0.05) is 15.9 Å². The zero-order valence-electron chi connectivity index (χ0n) is 9.34. The van der Waals surface area contributed by atoms with Crippen LogP contribution in [0.25, 0.3) is 4.96 Å². The second-order valence-electron chi connectivity index (χ2n) is 3.68. The van der Waals surface area contributed by atoms with Gasteiger partial charge in [0, 0.05) is 22.6 Å². The van der Waals surface area contributed by atoms with Crippen molar-refractivity contribution in [3.8, 4) is 11.6 Å². The molecule has 0 amide bonds. The average Bonchev–Trinajstić information content (AvgIpc) is 2.92. The lowest BCUT2D eigenvalue weighted by molar-refractivity contribution is 0.459. The summed E-state index contributed by atoms with van der Waals surface area (Å²) >= 11 is 4.95. The first-order valence-electron chi connectivity index (χ1n) is 5.36. The van der Waals surface area contributed by atoms with Gasteiger partial charge in [0.25, 0.3) is 0 Å². The third kappa shape index (κ3) is 2.03. The molecule has 0 saturated carbocycles. The summed E-state index contributed by atoms with van der Waals surface area (Å²) in [5.74, 6) is 1.32. The number of hydrogen-bond acceptors (Lipinski definition) is 4. The first-order valence-corrected chi connectivity index (χ1v) is 7.03. The van der Waals surface area contributed by atoms with Crippen molar-refractivity contribution in [1.29, 1.82) is 0 Å². The maximum atomic E-state index is 5.77. The summed E-state index contributed by atoms with van der Waals surface area (Å²) in [6.45, 7) is 0.393. The predicted molar refractivity (Wildman–Crippen MR) is 75.2 cm³/mol. The van der Waals surface area contributed by atoms with Crippen LogP contribution in [0, 0.1) is 0 Å². The van der Waals surface area contributed by atoms with E-state index in [4.69, 9.17) is 10.5 Å². The molecule has 2 heterocycles. The van der Waals surface area contributed by atoms with E-state index in [0.717, 1.165) is 20.9 Å². The maximum absolute atomic E-state index is 5.77. The number of nitrogens with zero attached hydrogens (tertiary/aromatic N) is 2. The Morgan fingerprint density at radius 2 is 2.11 bits per heavy atom. The van der Waals surface area contributed by atoms with E-state index in [2.05, 4.69) is 20.9 Å². The van der Waals surface area contributed by atoms with Crippen LogP contribution in [0.3, 0.4) is 0 Å². The summed E-state index contributed by atoms with van der Waals surface area (Å²) < 4.78 is 8.74. The molecular weight excluding hydrogens is 314 g/mol. The van der Waals surface area contributed by atoms with E-state index in [1.807, 2.05) is 40.2 Å². The number of rotatable bonds is 3. The molecule has 0 fully saturated rings. The Balaban J connectivity index is 1.98. The van der Waals surface area contributed by atoms with Crippen LogP contribution in [-0.4, -0.2) is 9.38 Å². The van der Waals surface area contributed by atoms with Crippen molar-refractivity contribution >= 4 is 32.2 Å². The maximum Gasteiger partial charge on any atom is 0.243 e. The van der Waals surface area contributed by atoms with Gasteiger partial charge in [0.2, 0.25) is 5.88 Å². The van der Waals surface area contributed by atoms with Gasteiger partial charge in [0.05, 0.1) is 0 Å². The number of fused-ring (bicyclic) bond motifs is 1. The first-order chi connectivity index (χ1) is 8.78. The number of hydrogen-bond donors (Lipinski definition) is 1. The van der Waals surface area contributed by atoms with E-state index in [0.29, 0.717) is 12.4 Å². The Bertz CT molecular complexity index is 674. The van der Waals surface area contributed by atoms with Gasteiger partial charge in [-0.3, -0.25) is 4.40 Å². The molecule has 92 valence electrons. The third-order valence-electron chi connectivity index (χ3n) is 2.55. The number of benzene rings is 1. The minimum absolute atomic E-state index is 0.393. The standard InChI is InChI=1S/C12H10BrN3OS/c13-8-1-3-9(4-2-8)17-11-10(7-14)16-5-6-18-12(16)15-11/h1-6H,7,14H2. The van der Waals surface area contributed by atoms with Crippen LogP contribution in [0.15, 0.2) is 40.3 Å². The summed E-state index contributed by atoms with van der Waals surface area (Å²) in [6.07, 6.45) is 1.95. The Hall–Kier alpha value is -1.37. The van der Waals surface area contributed by atoms with Crippen molar-refractivity contribution in [3.05, 3.63) is 46.0 Å². The molecule has 1 aromatic carbocycles. The van der Waals surface area contributed by atoms with Gasteiger partial charge in [-0.15, -0.1) is 11.3 Å². The van der Waals surface area contributed by atoms with Crippen LogP contribution >= 0.6 is 27.3 Å². The molecule has 0 bridgehead atoms. The quantitative estimate of drug-likeness (QED) is 0.803. The molecule has 0 aliphatic rings. The van der Waals surface area contributed by atoms with E-state index in [1.165, 1.54) is 0 Å². The number of nitrogens with two attached hydrogens (primary N) is 1. The van der Waals surface area contributed by atoms with E-state index in [9.17, 15) is 0 Å². The zero-order valence-corrected chi connectivity index (χ0v) is 11.7. The summed E-state index contributed by atoms with van der Waals surface area (Å²) in [6, 6.07) is 7.63. The lowest BCUT2D eigenvalue weighted by atomic mass is 10.3. The van der Waals surface area contributed by atoms with Gasteiger partial charge < -0.3 is 10.5 Å². The fourth-order valence-electron chi connectivity index (χ4n) is 1.69. The summed E-state index contributed by atoms with van der Waals surface area (Å²) in [7, 11) is 0. The van der Waals surface area contributed by atoms with Crippen molar-refractivity contribution in [1.82, 2.24) is 9.38 Å². The van der Waals surface area contributed by atoms with E-state index in [1.54, 1.807) is 11.3 Å². The normalized spacial score (nSPS) is 11.0. The second-order valence-corrected chi connectivity index (χ2v) is 5.47. The number of imidazole rings is 1. The van der Waals surface area contributed by atoms with Gasteiger partial charge in [-0.05, 0) is 24.3 Å². The minimum Gasteiger partial charge on any atom is -0.437 e. The van der Waals surface area contributed by atoms with E-state index < -0.39 is 0 Å². The van der Waals surface area contributed by atoms with Crippen LogP contribution < -0.4 is 10.5 Å². The van der Waals surface area contributed by atoms with Crippen LogP contribution in [0.2, 0.25) is 0 Å². The molecule has 0 aliphatic heterocycles. The summed E-state index contributed by atoms with van der Waals surface area (Å²) in [4.78, 5) is 5.32. The van der Waals surface area contributed by atoms with Crippen molar-refractivity contribution < 1.29 is 4.74 Å². The van der Waals surface area contributed by atoms with Crippen molar-refractivity contribution in [3.63, 3.8) is 0 Å².